The Bertz CT molecular complexity index is 473. The van der Waals surface area contributed by atoms with Gasteiger partial charge in [0.25, 0.3) is 0 Å². The molecule has 0 radical (unpaired) electrons. The highest BCUT2D eigenvalue weighted by Gasteiger charge is 2.28. The number of carbonyl (C=O) groups is 1. The van der Waals surface area contributed by atoms with E-state index in [9.17, 15) is 4.79 Å². The first-order valence-electron chi connectivity index (χ1n) is 6.96. The minimum absolute atomic E-state index is 0.127. The molecule has 1 heterocycles. The van der Waals surface area contributed by atoms with Gasteiger partial charge in [-0.25, -0.2) is 0 Å². The molecule has 1 aromatic rings. The summed E-state index contributed by atoms with van der Waals surface area (Å²) >= 11 is 1.93. The van der Waals surface area contributed by atoms with Gasteiger partial charge < -0.3 is 5.32 Å². The lowest BCUT2D eigenvalue weighted by atomic mass is 10.0. The largest absolute Gasteiger partial charge is 0.352 e. The summed E-state index contributed by atoms with van der Waals surface area (Å²) in [5.41, 5.74) is 2.75. The molecule has 1 aromatic carbocycles. The van der Waals surface area contributed by atoms with Crippen molar-refractivity contribution in [3.8, 4) is 0 Å². The highest BCUT2D eigenvalue weighted by atomic mass is 32.2. The van der Waals surface area contributed by atoms with Crippen molar-refractivity contribution in [3.63, 3.8) is 0 Å². The zero-order valence-electron chi connectivity index (χ0n) is 11.2. The molecule has 0 spiro atoms. The molecule has 1 amide bonds. The predicted molar refractivity (Wildman–Crippen MR) is 79.1 cm³/mol. The van der Waals surface area contributed by atoms with Gasteiger partial charge in [-0.1, -0.05) is 24.3 Å². The van der Waals surface area contributed by atoms with E-state index < -0.39 is 0 Å². The minimum atomic E-state index is -0.127. The number of rotatable bonds is 4. The van der Waals surface area contributed by atoms with Gasteiger partial charge in [0, 0.05) is 23.6 Å². The number of carbonyl (C=O) groups excluding carboxylic acids is 1. The van der Waals surface area contributed by atoms with Crippen molar-refractivity contribution in [2.45, 2.75) is 43.6 Å². The SMILES string of the molecule is CC(NC1CSCc2ccccc21)C(=O)NC1CC1. The van der Waals surface area contributed by atoms with Crippen molar-refractivity contribution in [1.82, 2.24) is 10.6 Å². The molecule has 3 rings (SSSR count). The first-order valence-corrected chi connectivity index (χ1v) is 8.11. The van der Waals surface area contributed by atoms with Crippen LogP contribution in [-0.2, 0) is 10.5 Å². The number of benzene rings is 1. The van der Waals surface area contributed by atoms with Crippen LogP contribution >= 0.6 is 11.8 Å². The van der Waals surface area contributed by atoms with E-state index in [1.807, 2.05) is 18.7 Å². The fourth-order valence-electron chi connectivity index (χ4n) is 2.45. The number of nitrogens with one attached hydrogen (secondary N) is 2. The van der Waals surface area contributed by atoms with Gasteiger partial charge in [0.2, 0.25) is 5.91 Å². The highest BCUT2D eigenvalue weighted by molar-refractivity contribution is 7.98. The third kappa shape index (κ3) is 3.12. The molecule has 0 bridgehead atoms. The number of fused-ring (bicyclic) bond motifs is 1. The summed E-state index contributed by atoms with van der Waals surface area (Å²) in [5.74, 6) is 2.25. The van der Waals surface area contributed by atoms with Crippen LogP contribution in [-0.4, -0.2) is 23.7 Å². The molecule has 19 heavy (non-hydrogen) atoms. The Morgan fingerprint density at radius 3 is 2.95 bits per heavy atom. The summed E-state index contributed by atoms with van der Waals surface area (Å²) in [6.07, 6.45) is 2.28. The Labute approximate surface area is 118 Å². The van der Waals surface area contributed by atoms with E-state index in [1.165, 1.54) is 11.1 Å². The van der Waals surface area contributed by atoms with Crippen LogP contribution in [0.15, 0.2) is 24.3 Å². The van der Waals surface area contributed by atoms with Gasteiger partial charge in [0.15, 0.2) is 0 Å². The number of amides is 1. The average Bonchev–Trinajstić information content (AvgIpc) is 3.23. The van der Waals surface area contributed by atoms with Crippen molar-refractivity contribution in [1.29, 1.82) is 0 Å². The van der Waals surface area contributed by atoms with E-state index in [1.54, 1.807) is 0 Å². The molecular formula is C15H20N2OS. The van der Waals surface area contributed by atoms with Crippen LogP contribution in [0.5, 0.6) is 0 Å². The maximum Gasteiger partial charge on any atom is 0.237 e. The Kier molecular flexibility index (Phi) is 3.80. The monoisotopic (exact) mass is 276 g/mol. The second-order valence-electron chi connectivity index (χ2n) is 5.44. The molecule has 102 valence electrons. The number of thioether (sulfide) groups is 1. The van der Waals surface area contributed by atoms with Gasteiger partial charge in [-0.05, 0) is 30.9 Å². The molecule has 1 aliphatic heterocycles. The average molecular weight is 276 g/mol. The lowest BCUT2D eigenvalue weighted by molar-refractivity contribution is -0.123. The standard InChI is InChI=1S/C15H20N2OS/c1-10(15(18)17-12-6-7-12)16-14-9-19-8-11-4-2-3-5-13(11)14/h2-5,10,12,14,16H,6-9H2,1H3,(H,17,18). The molecule has 2 aliphatic rings. The Hall–Kier alpha value is -1.00. The topological polar surface area (TPSA) is 41.1 Å². The third-order valence-electron chi connectivity index (χ3n) is 3.74. The maximum absolute atomic E-state index is 12.0. The summed E-state index contributed by atoms with van der Waals surface area (Å²) in [7, 11) is 0. The van der Waals surface area contributed by atoms with Gasteiger partial charge in [0.1, 0.15) is 0 Å². The van der Waals surface area contributed by atoms with Crippen LogP contribution in [0.4, 0.5) is 0 Å². The van der Waals surface area contributed by atoms with Gasteiger partial charge in [-0.2, -0.15) is 11.8 Å². The summed E-state index contributed by atoms with van der Waals surface area (Å²) in [4.78, 5) is 12.0. The Morgan fingerprint density at radius 2 is 2.16 bits per heavy atom. The molecule has 0 saturated heterocycles. The Morgan fingerprint density at radius 1 is 1.37 bits per heavy atom. The van der Waals surface area contributed by atoms with Crippen LogP contribution < -0.4 is 10.6 Å². The van der Waals surface area contributed by atoms with Gasteiger partial charge in [-0.15, -0.1) is 0 Å². The Balaban J connectivity index is 1.64. The first-order chi connectivity index (χ1) is 9.24. The molecule has 2 atom stereocenters. The summed E-state index contributed by atoms with van der Waals surface area (Å²) in [6.45, 7) is 1.96. The van der Waals surface area contributed by atoms with Crippen molar-refractivity contribution in [2.75, 3.05) is 5.75 Å². The fourth-order valence-corrected chi connectivity index (χ4v) is 3.56. The van der Waals surface area contributed by atoms with Crippen LogP contribution in [0.3, 0.4) is 0 Å². The molecular weight excluding hydrogens is 256 g/mol. The van der Waals surface area contributed by atoms with Gasteiger partial charge in [0.05, 0.1) is 6.04 Å². The molecule has 0 aromatic heterocycles. The molecule has 2 unspecified atom stereocenters. The first kappa shape index (κ1) is 13.0. The summed E-state index contributed by atoms with van der Waals surface area (Å²) in [5, 5.41) is 6.53. The second kappa shape index (κ2) is 5.55. The van der Waals surface area contributed by atoms with Crippen LogP contribution in [0, 0.1) is 0 Å². The van der Waals surface area contributed by atoms with E-state index >= 15 is 0 Å². The van der Waals surface area contributed by atoms with E-state index in [0.717, 1.165) is 24.3 Å². The minimum Gasteiger partial charge on any atom is -0.352 e. The third-order valence-corrected chi connectivity index (χ3v) is 4.82. The van der Waals surface area contributed by atoms with Crippen LogP contribution in [0.2, 0.25) is 0 Å². The van der Waals surface area contributed by atoms with Crippen molar-refractivity contribution in [3.05, 3.63) is 35.4 Å². The molecule has 1 aliphatic carbocycles. The van der Waals surface area contributed by atoms with E-state index in [4.69, 9.17) is 0 Å². The molecule has 1 saturated carbocycles. The van der Waals surface area contributed by atoms with Gasteiger partial charge in [-0.3, -0.25) is 10.1 Å². The highest BCUT2D eigenvalue weighted by Crippen LogP contribution is 2.31. The van der Waals surface area contributed by atoms with E-state index in [-0.39, 0.29) is 18.0 Å². The number of hydrogen-bond donors (Lipinski definition) is 2. The van der Waals surface area contributed by atoms with E-state index in [0.29, 0.717) is 6.04 Å². The summed E-state index contributed by atoms with van der Waals surface area (Å²) in [6, 6.07) is 9.13. The van der Waals surface area contributed by atoms with E-state index in [2.05, 4.69) is 34.9 Å². The maximum atomic E-state index is 12.0. The fraction of sp³-hybridized carbons (Fsp3) is 0.533. The molecule has 2 N–H and O–H groups in total. The summed E-state index contributed by atoms with van der Waals surface area (Å²) < 4.78 is 0. The quantitative estimate of drug-likeness (QED) is 0.886. The van der Waals surface area contributed by atoms with Crippen molar-refractivity contribution >= 4 is 17.7 Å². The van der Waals surface area contributed by atoms with Crippen LogP contribution in [0.25, 0.3) is 0 Å². The predicted octanol–water partition coefficient (Wildman–Crippen LogP) is 2.23. The van der Waals surface area contributed by atoms with Crippen molar-refractivity contribution in [2.24, 2.45) is 0 Å². The zero-order valence-corrected chi connectivity index (χ0v) is 12.0. The molecule has 1 fully saturated rings. The van der Waals surface area contributed by atoms with Crippen LogP contribution in [0.1, 0.15) is 36.9 Å². The van der Waals surface area contributed by atoms with Crippen molar-refractivity contribution < 1.29 is 4.79 Å². The molecule has 3 nitrogen and oxygen atoms in total. The lowest BCUT2D eigenvalue weighted by Gasteiger charge is -2.28. The zero-order chi connectivity index (χ0) is 13.2. The second-order valence-corrected chi connectivity index (χ2v) is 6.47. The molecule has 4 heteroatoms. The van der Waals surface area contributed by atoms with Gasteiger partial charge >= 0.3 is 0 Å². The smallest absolute Gasteiger partial charge is 0.237 e. The normalized spacial score (nSPS) is 23.5. The number of hydrogen-bond acceptors (Lipinski definition) is 3. The lowest BCUT2D eigenvalue weighted by Crippen LogP contribution is -2.45.